The van der Waals surface area contributed by atoms with Gasteiger partial charge in [-0.05, 0) is 25.1 Å². The van der Waals surface area contributed by atoms with Gasteiger partial charge in [0.2, 0.25) is 0 Å². The molecule has 19 heavy (non-hydrogen) atoms. The van der Waals surface area contributed by atoms with Crippen LogP contribution in [0.15, 0.2) is 18.2 Å². The summed E-state index contributed by atoms with van der Waals surface area (Å²) in [5.41, 5.74) is 3.39. The number of imidazole rings is 1. The van der Waals surface area contributed by atoms with Crippen molar-refractivity contribution >= 4 is 16.7 Å². The number of hydrogen-bond acceptors (Lipinski definition) is 4. The van der Waals surface area contributed by atoms with Gasteiger partial charge in [0.1, 0.15) is 5.82 Å². The van der Waals surface area contributed by atoms with Crippen LogP contribution in [0.4, 0.5) is 5.69 Å². The topological polar surface area (TPSA) is 45.1 Å². The molecule has 0 saturated carbocycles. The van der Waals surface area contributed by atoms with E-state index in [4.69, 9.17) is 0 Å². The predicted molar refractivity (Wildman–Crippen MR) is 78.4 cm³/mol. The maximum absolute atomic E-state index is 4.57. The van der Waals surface area contributed by atoms with Crippen LogP contribution in [0.1, 0.15) is 5.82 Å². The normalized spacial score (nSPS) is 16.9. The third-order valence-electron chi connectivity index (χ3n) is 3.82. The standard InChI is InChI=1S/C14H21N5/c1-11-17-13-9-12(3-4-14(13)18(11)2)16-10-19-7-5-15-6-8-19/h3-4,9,15-16H,5-8,10H2,1-2H3. The Bertz CT molecular complexity index is 568. The van der Waals surface area contributed by atoms with Gasteiger partial charge in [0.05, 0.1) is 17.7 Å². The van der Waals surface area contributed by atoms with E-state index in [9.17, 15) is 0 Å². The third kappa shape index (κ3) is 2.57. The van der Waals surface area contributed by atoms with Crippen molar-refractivity contribution < 1.29 is 0 Å². The average molecular weight is 259 g/mol. The van der Waals surface area contributed by atoms with Crippen molar-refractivity contribution in [2.75, 3.05) is 38.2 Å². The van der Waals surface area contributed by atoms with E-state index in [0.29, 0.717) is 0 Å². The number of rotatable bonds is 3. The van der Waals surface area contributed by atoms with Gasteiger partial charge in [0.15, 0.2) is 0 Å². The summed E-state index contributed by atoms with van der Waals surface area (Å²) in [6.45, 7) is 7.32. The quantitative estimate of drug-likeness (QED) is 0.868. The summed E-state index contributed by atoms with van der Waals surface area (Å²) in [5.74, 6) is 1.05. The van der Waals surface area contributed by atoms with Gasteiger partial charge in [-0.25, -0.2) is 4.98 Å². The van der Waals surface area contributed by atoms with Crippen LogP contribution in [0, 0.1) is 6.92 Å². The highest BCUT2D eigenvalue weighted by Gasteiger charge is 2.09. The molecular weight excluding hydrogens is 238 g/mol. The van der Waals surface area contributed by atoms with Gasteiger partial charge in [-0.15, -0.1) is 0 Å². The number of aryl methyl sites for hydroxylation is 2. The minimum absolute atomic E-state index is 0.902. The predicted octanol–water partition coefficient (Wildman–Crippen LogP) is 1.16. The molecule has 102 valence electrons. The van der Waals surface area contributed by atoms with Crippen molar-refractivity contribution in [1.29, 1.82) is 0 Å². The molecule has 1 aromatic carbocycles. The van der Waals surface area contributed by atoms with E-state index >= 15 is 0 Å². The largest absolute Gasteiger partial charge is 0.372 e. The molecule has 0 spiro atoms. The van der Waals surface area contributed by atoms with Crippen molar-refractivity contribution in [2.45, 2.75) is 6.92 Å². The Hall–Kier alpha value is -1.59. The first-order valence-corrected chi connectivity index (χ1v) is 6.84. The lowest BCUT2D eigenvalue weighted by Gasteiger charge is -2.27. The number of benzene rings is 1. The SMILES string of the molecule is Cc1nc2cc(NCN3CCNCC3)ccc2n1C. The molecule has 1 fully saturated rings. The highest BCUT2D eigenvalue weighted by atomic mass is 15.3. The second-order valence-electron chi connectivity index (χ2n) is 5.12. The van der Waals surface area contributed by atoms with E-state index < -0.39 is 0 Å². The number of nitrogens with zero attached hydrogens (tertiary/aromatic N) is 3. The van der Waals surface area contributed by atoms with Crippen molar-refractivity contribution in [2.24, 2.45) is 7.05 Å². The molecule has 2 N–H and O–H groups in total. The number of anilines is 1. The highest BCUT2D eigenvalue weighted by molar-refractivity contribution is 5.80. The number of piperazine rings is 1. The first-order valence-electron chi connectivity index (χ1n) is 6.84. The van der Waals surface area contributed by atoms with Crippen molar-refractivity contribution in [3.05, 3.63) is 24.0 Å². The minimum Gasteiger partial charge on any atom is -0.372 e. The highest BCUT2D eigenvalue weighted by Crippen LogP contribution is 2.19. The summed E-state index contributed by atoms with van der Waals surface area (Å²) in [6.07, 6.45) is 0. The molecule has 1 aromatic heterocycles. The lowest BCUT2D eigenvalue weighted by atomic mass is 10.2. The molecule has 2 heterocycles. The second-order valence-corrected chi connectivity index (χ2v) is 5.12. The van der Waals surface area contributed by atoms with Crippen LogP contribution >= 0.6 is 0 Å². The molecule has 0 atom stereocenters. The summed E-state index contributed by atoms with van der Waals surface area (Å²) < 4.78 is 2.12. The molecule has 2 aromatic rings. The van der Waals surface area contributed by atoms with Gasteiger partial charge >= 0.3 is 0 Å². The molecule has 0 bridgehead atoms. The van der Waals surface area contributed by atoms with Crippen molar-refractivity contribution in [3.63, 3.8) is 0 Å². The smallest absolute Gasteiger partial charge is 0.106 e. The van der Waals surface area contributed by atoms with Crippen LogP contribution in [0.25, 0.3) is 11.0 Å². The van der Waals surface area contributed by atoms with Gasteiger partial charge in [0, 0.05) is 38.9 Å². The van der Waals surface area contributed by atoms with Crippen molar-refractivity contribution in [1.82, 2.24) is 19.8 Å². The Kier molecular flexibility index (Phi) is 3.40. The molecule has 0 radical (unpaired) electrons. The van der Waals surface area contributed by atoms with Gasteiger partial charge in [-0.1, -0.05) is 0 Å². The van der Waals surface area contributed by atoms with E-state index in [1.54, 1.807) is 0 Å². The van der Waals surface area contributed by atoms with Crippen LogP contribution < -0.4 is 10.6 Å². The van der Waals surface area contributed by atoms with Gasteiger partial charge < -0.3 is 15.2 Å². The molecular formula is C14H21N5. The summed E-state index contributed by atoms with van der Waals surface area (Å²) >= 11 is 0. The zero-order chi connectivity index (χ0) is 13.2. The maximum atomic E-state index is 4.57. The lowest BCUT2D eigenvalue weighted by molar-refractivity contribution is 0.256. The van der Waals surface area contributed by atoms with Gasteiger partial charge in [-0.2, -0.15) is 0 Å². The van der Waals surface area contributed by atoms with Gasteiger partial charge in [0.25, 0.3) is 0 Å². The molecule has 1 aliphatic heterocycles. The molecule has 0 unspecified atom stereocenters. The van der Waals surface area contributed by atoms with E-state index in [1.165, 1.54) is 5.52 Å². The van der Waals surface area contributed by atoms with Crippen LogP contribution in [0.5, 0.6) is 0 Å². The summed E-state index contributed by atoms with van der Waals surface area (Å²) in [4.78, 5) is 6.99. The molecule has 3 rings (SSSR count). The zero-order valence-electron chi connectivity index (χ0n) is 11.6. The minimum atomic E-state index is 0.902. The van der Waals surface area contributed by atoms with E-state index in [1.807, 2.05) is 6.92 Å². The van der Waals surface area contributed by atoms with E-state index in [2.05, 4.69) is 50.3 Å². The summed E-state index contributed by atoms with van der Waals surface area (Å²) in [7, 11) is 2.05. The number of fused-ring (bicyclic) bond motifs is 1. The number of hydrogen-bond donors (Lipinski definition) is 2. The molecule has 0 aliphatic carbocycles. The second kappa shape index (κ2) is 5.19. The first-order chi connectivity index (χ1) is 9.24. The van der Waals surface area contributed by atoms with Crippen LogP contribution in [0.2, 0.25) is 0 Å². The fourth-order valence-corrected chi connectivity index (χ4v) is 2.50. The fraction of sp³-hybridized carbons (Fsp3) is 0.500. The van der Waals surface area contributed by atoms with Crippen LogP contribution in [0.3, 0.4) is 0 Å². The van der Waals surface area contributed by atoms with Crippen molar-refractivity contribution in [3.8, 4) is 0 Å². The van der Waals surface area contributed by atoms with E-state index in [-0.39, 0.29) is 0 Å². The third-order valence-corrected chi connectivity index (χ3v) is 3.82. The number of aromatic nitrogens is 2. The van der Waals surface area contributed by atoms with Gasteiger partial charge in [-0.3, -0.25) is 4.90 Å². The average Bonchev–Trinajstić information content (AvgIpc) is 2.73. The molecule has 5 nitrogen and oxygen atoms in total. The Labute approximate surface area is 113 Å². The van der Waals surface area contributed by atoms with E-state index in [0.717, 1.165) is 49.9 Å². The Balaban J connectivity index is 1.70. The zero-order valence-corrected chi connectivity index (χ0v) is 11.6. The molecule has 1 saturated heterocycles. The summed E-state index contributed by atoms with van der Waals surface area (Å²) in [6, 6.07) is 6.39. The summed E-state index contributed by atoms with van der Waals surface area (Å²) in [5, 5.41) is 6.85. The van der Waals surface area contributed by atoms with Crippen LogP contribution in [-0.2, 0) is 7.05 Å². The Morgan fingerprint density at radius 1 is 1.32 bits per heavy atom. The molecule has 0 amide bonds. The molecule has 5 heteroatoms. The first kappa shape index (κ1) is 12.4. The maximum Gasteiger partial charge on any atom is 0.106 e. The molecule has 1 aliphatic rings. The fourth-order valence-electron chi connectivity index (χ4n) is 2.50. The Morgan fingerprint density at radius 3 is 2.89 bits per heavy atom. The lowest BCUT2D eigenvalue weighted by Crippen LogP contribution is -2.45. The Morgan fingerprint density at radius 2 is 2.11 bits per heavy atom. The van der Waals surface area contributed by atoms with Crippen LogP contribution in [-0.4, -0.2) is 47.3 Å². The monoisotopic (exact) mass is 259 g/mol. The number of nitrogens with one attached hydrogen (secondary N) is 2.